The molecule has 0 bridgehead atoms. The van der Waals surface area contributed by atoms with Crippen molar-refractivity contribution < 1.29 is 0 Å². The third kappa shape index (κ3) is 0.664. The summed E-state index contributed by atoms with van der Waals surface area (Å²) >= 11 is 0. The van der Waals surface area contributed by atoms with Gasteiger partial charge in [-0.2, -0.15) is 0 Å². The van der Waals surface area contributed by atoms with Crippen LogP contribution in [0, 0.1) is 10.8 Å². The average molecular weight is 137 g/mol. The van der Waals surface area contributed by atoms with Crippen molar-refractivity contribution >= 4 is 6.21 Å². The number of hydrogen-bond donors (Lipinski definition) is 0. The lowest BCUT2D eigenvalue weighted by molar-refractivity contribution is 0.714. The van der Waals surface area contributed by atoms with Gasteiger partial charge in [-0.25, -0.2) is 0 Å². The Labute approximate surface area is 62.5 Å². The molecular weight excluding hydrogens is 122 g/mol. The molecule has 0 saturated heterocycles. The van der Waals surface area contributed by atoms with Crippen LogP contribution in [0.25, 0.3) is 0 Å². The van der Waals surface area contributed by atoms with Crippen LogP contribution >= 0.6 is 0 Å². The molecule has 0 N–H and O–H groups in total. The van der Waals surface area contributed by atoms with Gasteiger partial charge in [-0.15, -0.1) is 0 Å². The molecule has 2 rings (SSSR count). The number of nitrogens with zero attached hydrogens (tertiary/aromatic N) is 1. The average Bonchev–Trinajstić information content (AvgIpc) is 2.48. The van der Waals surface area contributed by atoms with E-state index in [2.05, 4.69) is 32.0 Å². The molecule has 0 aliphatic heterocycles. The van der Waals surface area contributed by atoms with Gasteiger partial charge >= 0.3 is 0 Å². The lowest BCUT2D eigenvalue weighted by atomic mass is 10.2. The maximum absolute atomic E-state index is 4.42. The van der Waals surface area contributed by atoms with Crippen molar-refractivity contribution in [3.63, 3.8) is 0 Å². The molecule has 0 aromatic heterocycles. The smallest absolute Gasteiger partial charge is 0.0439 e. The molecule has 2 aliphatic carbocycles. The fourth-order valence-corrected chi connectivity index (χ4v) is 1.79. The van der Waals surface area contributed by atoms with Gasteiger partial charge in [0.25, 0.3) is 0 Å². The number of aliphatic imine (C=N–C) groups is 1. The molecule has 1 nitrogen and oxygen atoms in total. The van der Waals surface area contributed by atoms with Gasteiger partial charge in [-0.05, 0) is 32.1 Å². The molecule has 0 radical (unpaired) electrons. The van der Waals surface area contributed by atoms with Crippen LogP contribution in [0.1, 0.15) is 33.6 Å². The van der Waals surface area contributed by atoms with Gasteiger partial charge in [-0.3, -0.25) is 4.99 Å². The van der Waals surface area contributed by atoms with Gasteiger partial charge in [0.2, 0.25) is 0 Å². The van der Waals surface area contributed by atoms with Crippen molar-refractivity contribution in [3.8, 4) is 0 Å². The Kier molecular flexibility index (Phi) is 0.934. The summed E-state index contributed by atoms with van der Waals surface area (Å²) in [4.78, 5) is 4.42. The third-order valence-corrected chi connectivity index (χ3v) is 2.98. The fraction of sp³-hybridized carbons (Fsp3) is 0.889. The fourth-order valence-electron chi connectivity index (χ4n) is 1.79. The minimum absolute atomic E-state index is 0.486. The molecule has 0 spiro atoms. The Morgan fingerprint density at radius 2 is 1.90 bits per heavy atom. The van der Waals surface area contributed by atoms with E-state index >= 15 is 0 Å². The summed E-state index contributed by atoms with van der Waals surface area (Å²) < 4.78 is 0. The number of hydrogen-bond acceptors (Lipinski definition) is 1. The predicted molar refractivity (Wildman–Crippen MR) is 43.4 cm³/mol. The van der Waals surface area contributed by atoms with Crippen molar-refractivity contribution in [3.05, 3.63) is 0 Å². The highest BCUT2D eigenvalue weighted by Gasteiger charge is 2.79. The first-order valence-electron chi connectivity index (χ1n) is 4.12. The molecule has 2 saturated carbocycles. The van der Waals surface area contributed by atoms with Gasteiger partial charge in [0, 0.05) is 17.7 Å². The Morgan fingerprint density at radius 1 is 1.40 bits per heavy atom. The lowest BCUT2D eigenvalue weighted by Crippen LogP contribution is -1.93. The normalized spacial score (nSPS) is 50.0. The molecule has 0 aromatic rings. The van der Waals surface area contributed by atoms with Crippen LogP contribution in [0.5, 0.6) is 0 Å². The minimum Gasteiger partial charge on any atom is -0.294 e. The van der Waals surface area contributed by atoms with Gasteiger partial charge in [0.15, 0.2) is 0 Å². The van der Waals surface area contributed by atoms with Crippen LogP contribution in [-0.2, 0) is 0 Å². The molecule has 10 heavy (non-hydrogen) atoms. The summed E-state index contributed by atoms with van der Waals surface area (Å²) in [6, 6.07) is 0.486. The Morgan fingerprint density at radius 3 is 2.20 bits per heavy atom. The molecule has 2 aliphatic rings. The standard InChI is InChI=1S/C9H15N/c1-7(2)10-6-9-4-8(9,3)5-9/h6-7H,4-5H2,1-3H3/b10-6+. The molecule has 0 atom stereocenters. The van der Waals surface area contributed by atoms with E-state index < -0.39 is 0 Å². The molecule has 0 heterocycles. The first kappa shape index (κ1) is 6.38. The Bertz CT molecular complexity index is 185. The number of rotatable bonds is 2. The van der Waals surface area contributed by atoms with E-state index in [1.807, 2.05) is 0 Å². The highest BCUT2D eigenvalue weighted by atomic mass is 14.9. The zero-order valence-electron chi connectivity index (χ0n) is 7.02. The molecule has 0 amide bonds. The van der Waals surface area contributed by atoms with E-state index in [1.165, 1.54) is 12.8 Å². The van der Waals surface area contributed by atoms with E-state index in [4.69, 9.17) is 0 Å². The summed E-state index contributed by atoms with van der Waals surface area (Å²) in [6.07, 6.45) is 5.00. The molecule has 2 fully saturated rings. The van der Waals surface area contributed by atoms with E-state index in [1.54, 1.807) is 0 Å². The summed E-state index contributed by atoms with van der Waals surface area (Å²) in [5.41, 5.74) is 1.29. The van der Waals surface area contributed by atoms with Crippen molar-refractivity contribution in [2.24, 2.45) is 15.8 Å². The van der Waals surface area contributed by atoms with Crippen LogP contribution in [0.2, 0.25) is 0 Å². The molecule has 0 aromatic carbocycles. The second-order valence-corrected chi connectivity index (χ2v) is 4.44. The van der Waals surface area contributed by atoms with Gasteiger partial charge < -0.3 is 0 Å². The largest absolute Gasteiger partial charge is 0.294 e. The van der Waals surface area contributed by atoms with E-state index in [-0.39, 0.29) is 0 Å². The summed E-state index contributed by atoms with van der Waals surface area (Å²) in [7, 11) is 0. The van der Waals surface area contributed by atoms with Gasteiger partial charge in [0.1, 0.15) is 0 Å². The van der Waals surface area contributed by atoms with Crippen molar-refractivity contribution in [1.29, 1.82) is 0 Å². The predicted octanol–water partition coefficient (Wildman–Crippen LogP) is 2.27. The second-order valence-electron chi connectivity index (χ2n) is 4.44. The Hall–Kier alpha value is -0.330. The highest BCUT2D eigenvalue weighted by molar-refractivity contribution is 5.78. The zero-order valence-corrected chi connectivity index (χ0v) is 7.02. The van der Waals surface area contributed by atoms with Crippen molar-refractivity contribution in [1.82, 2.24) is 0 Å². The van der Waals surface area contributed by atoms with Crippen LogP contribution in [0.15, 0.2) is 4.99 Å². The van der Waals surface area contributed by atoms with Crippen LogP contribution < -0.4 is 0 Å². The van der Waals surface area contributed by atoms with Crippen molar-refractivity contribution in [2.45, 2.75) is 39.7 Å². The first-order valence-corrected chi connectivity index (χ1v) is 4.12. The van der Waals surface area contributed by atoms with E-state index in [0.717, 1.165) is 0 Å². The number of fused-ring (bicyclic) bond motifs is 1. The highest BCUT2D eigenvalue weighted by Crippen LogP contribution is 2.84. The second kappa shape index (κ2) is 1.46. The van der Waals surface area contributed by atoms with E-state index in [0.29, 0.717) is 16.9 Å². The summed E-state index contributed by atoms with van der Waals surface area (Å²) in [5.74, 6) is 0. The lowest BCUT2D eigenvalue weighted by Gasteiger charge is -1.95. The van der Waals surface area contributed by atoms with Crippen LogP contribution in [0.4, 0.5) is 0 Å². The molecular formula is C9H15N. The first-order chi connectivity index (χ1) is 4.58. The Balaban J connectivity index is 1.94. The van der Waals surface area contributed by atoms with Crippen molar-refractivity contribution in [2.75, 3.05) is 0 Å². The summed E-state index contributed by atoms with van der Waals surface area (Å²) in [6.45, 7) is 6.63. The van der Waals surface area contributed by atoms with Crippen LogP contribution in [-0.4, -0.2) is 12.3 Å². The topological polar surface area (TPSA) is 12.4 Å². The third-order valence-electron chi connectivity index (χ3n) is 2.98. The maximum Gasteiger partial charge on any atom is 0.0439 e. The van der Waals surface area contributed by atoms with E-state index in [9.17, 15) is 0 Å². The minimum atomic E-state index is 0.486. The quantitative estimate of drug-likeness (QED) is 0.518. The zero-order chi connectivity index (χ0) is 7.41. The SMILES string of the molecule is CC(C)/N=C/C12CC1(C)C2. The molecule has 0 unspecified atom stereocenters. The maximum atomic E-state index is 4.42. The molecule has 1 heteroatoms. The molecule has 56 valence electrons. The van der Waals surface area contributed by atoms with Gasteiger partial charge in [-0.1, -0.05) is 6.92 Å². The summed E-state index contributed by atoms with van der Waals surface area (Å²) in [5, 5.41) is 0. The van der Waals surface area contributed by atoms with Crippen LogP contribution in [0.3, 0.4) is 0 Å². The van der Waals surface area contributed by atoms with Gasteiger partial charge in [0.05, 0.1) is 0 Å². The monoisotopic (exact) mass is 137 g/mol.